The molecule has 0 aromatic heterocycles. The molecule has 0 bridgehead atoms. The zero-order valence-electron chi connectivity index (χ0n) is 18.7. The number of rotatable bonds is 10. The first kappa shape index (κ1) is 22.3. The summed E-state index contributed by atoms with van der Waals surface area (Å²) >= 11 is 0. The minimum absolute atomic E-state index is 0.0768. The van der Waals surface area contributed by atoms with Crippen LogP contribution in [0.15, 0.2) is 66.7 Å². The predicted molar refractivity (Wildman–Crippen MR) is 123 cm³/mol. The van der Waals surface area contributed by atoms with Gasteiger partial charge in [0.1, 0.15) is 17.2 Å². The van der Waals surface area contributed by atoms with Gasteiger partial charge in [0.05, 0.1) is 14.2 Å². The number of hydrogen-bond donors (Lipinski definition) is 1. The molecule has 1 aliphatic heterocycles. The lowest BCUT2D eigenvalue weighted by Crippen LogP contribution is -2.40. The van der Waals surface area contributed by atoms with Crippen molar-refractivity contribution in [2.45, 2.75) is 18.9 Å². The molecule has 1 aliphatic rings. The standard InChI is InChI=1S/C26H27NO6/c1-29-21-6-3-18(4-7-21)13-20(14-19-5-12-24-25(15-19)33-17-32-24)27-26(28)16-31-23-10-8-22(30-2)9-11-23/h3-12,15,20H,13-14,16-17H2,1-2H3,(H,27,28)/t20-/m0/s1. The third-order valence-electron chi connectivity index (χ3n) is 5.35. The Kier molecular flexibility index (Phi) is 7.19. The van der Waals surface area contributed by atoms with Gasteiger partial charge in [0, 0.05) is 6.04 Å². The van der Waals surface area contributed by atoms with Crippen LogP contribution < -0.4 is 29.0 Å². The van der Waals surface area contributed by atoms with Gasteiger partial charge >= 0.3 is 0 Å². The minimum atomic E-state index is -0.190. The number of nitrogens with one attached hydrogen (secondary N) is 1. The molecule has 7 heteroatoms. The average Bonchev–Trinajstić information content (AvgIpc) is 3.31. The van der Waals surface area contributed by atoms with Crippen LogP contribution in [-0.2, 0) is 17.6 Å². The quantitative estimate of drug-likeness (QED) is 0.508. The van der Waals surface area contributed by atoms with Crippen LogP contribution >= 0.6 is 0 Å². The van der Waals surface area contributed by atoms with Gasteiger partial charge in [0.25, 0.3) is 5.91 Å². The maximum Gasteiger partial charge on any atom is 0.258 e. The summed E-state index contributed by atoms with van der Waals surface area (Å²) in [4.78, 5) is 12.7. The SMILES string of the molecule is COc1ccc(C[C@@H](Cc2ccc3c(c2)OCO3)NC(=O)COc2ccc(OC)cc2)cc1. The second-order valence-corrected chi connectivity index (χ2v) is 7.67. The number of benzene rings is 3. The van der Waals surface area contributed by atoms with Gasteiger partial charge in [0.15, 0.2) is 18.1 Å². The Morgan fingerprint density at radius 3 is 2.09 bits per heavy atom. The Hall–Kier alpha value is -3.87. The van der Waals surface area contributed by atoms with Gasteiger partial charge < -0.3 is 29.0 Å². The second-order valence-electron chi connectivity index (χ2n) is 7.67. The van der Waals surface area contributed by atoms with Gasteiger partial charge in [-0.2, -0.15) is 0 Å². The molecule has 0 spiro atoms. The zero-order chi connectivity index (χ0) is 23.0. The van der Waals surface area contributed by atoms with E-state index in [0.29, 0.717) is 18.6 Å². The van der Waals surface area contributed by atoms with Crippen LogP contribution in [0.1, 0.15) is 11.1 Å². The summed E-state index contributed by atoms with van der Waals surface area (Å²) < 4.78 is 26.9. The lowest BCUT2D eigenvalue weighted by Gasteiger charge is -2.20. The van der Waals surface area contributed by atoms with Crippen molar-refractivity contribution in [3.63, 3.8) is 0 Å². The molecule has 0 aliphatic carbocycles. The third kappa shape index (κ3) is 6.10. The second kappa shape index (κ2) is 10.6. The summed E-state index contributed by atoms with van der Waals surface area (Å²) in [5, 5.41) is 3.11. The van der Waals surface area contributed by atoms with Gasteiger partial charge in [0.2, 0.25) is 6.79 Å². The first-order valence-corrected chi connectivity index (χ1v) is 10.7. The normalized spacial score (nSPS) is 12.7. The van der Waals surface area contributed by atoms with E-state index in [1.807, 2.05) is 42.5 Å². The highest BCUT2D eigenvalue weighted by molar-refractivity contribution is 5.78. The molecule has 3 aromatic rings. The first-order chi connectivity index (χ1) is 16.1. The summed E-state index contributed by atoms with van der Waals surface area (Å²) in [7, 11) is 3.24. The summed E-state index contributed by atoms with van der Waals surface area (Å²) in [6, 6.07) is 20.7. The van der Waals surface area contributed by atoms with E-state index in [4.69, 9.17) is 23.7 Å². The smallest absolute Gasteiger partial charge is 0.258 e. The molecule has 172 valence electrons. The molecule has 33 heavy (non-hydrogen) atoms. The van der Waals surface area contributed by atoms with Crippen LogP contribution in [0.25, 0.3) is 0 Å². The Bertz CT molecular complexity index is 1070. The molecular weight excluding hydrogens is 422 g/mol. The molecular formula is C26H27NO6. The van der Waals surface area contributed by atoms with Gasteiger partial charge in [-0.15, -0.1) is 0 Å². The van der Waals surface area contributed by atoms with Crippen molar-refractivity contribution in [1.82, 2.24) is 5.32 Å². The van der Waals surface area contributed by atoms with Crippen LogP contribution in [0, 0.1) is 0 Å². The molecule has 0 unspecified atom stereocenters. The monoisotopic (exact) mass is 449 g/mol. The summed E-state index contributed by atoms with van der Waals surface area (Å²) in [5.74, 6) is 3.41. The Morgan fingerprint density at radius 1 is 0.818 bits per heavy atom. The van der Waals surface area contributed by atoms with E-state index in [2.05, 4.69) is 5.32 Å². The summed E-state index contributed by atoms with van der Waals surface area (Å²) in [6.45, 7) is 0.153. The van der Waals surface area contributed by atoms with Crippen molar-refractivity contribution in [1.29, 1.82) is 0 Å². The number of hydrogen-bond acceptors (Lipinski definition) is 6. The zero-order valence-corrected chi connectivity index (χ0v) is 18.7. The van der Waals surface area contributed by atoms with Crippen molar-refractivity contribution in [3.8, 4) is 28.7 Å². The van der Waals surface area contributed by atoms with E-state index in [-0.39, 0.29) is 25.3 Å². The number of carbonyl (C=O) groups is 1. The maximum atomic E-state index is 12.7. The topological polar surface area (TPSA) is 75.2 Å². The van der Waals surface area contributed by atoms with E-state index in [1.165, 1.54) is 0 Å². The first-order valence-electron chi connectivity index (χ1n) is 10.7. The number of carbonyl (C=O) groups excluding carboxylic acids is 1. The van der Waals surface area contributed by atoms with Crippen LogP contribution in [-0.4, -0.2) is 39.6 Å². The van der Waals surface area contributed by atoms with E-state index < -0.39 is 0 Å². The fourth-order valence-electron chi connectivity index (χ4n) is 3.66. The number of ether oxygens (including phenoxy) is 5. The van der Waals surface area contributed by atoms with Gasteiger partial charge in [-0.05, 0) is 72.5 Å². The van der Waals surface area contributed by atoms with Gasteiger partial charge in [-0.3, -0.25) is 4.79 Å². The molecule has 1 atom stereocenters. The molecule has 0 saturated carbocycles. The number of fused-ring (bicyclic) bond motifs is 1. The molecule has 1 N–H and O–H groups in total. The third-order valence-corrected chi connectivity index (χ3v) is 5.35. The highest BCUT2D eigenvalue weighted by Crippen LogP contribution is 2.33. The van der Waals surface area contributed by atoms with E-state index in [0.717, 1.165) is 34.1 Å². The van der Waals surface area contributed by atoms with Crippen molar-refractivity contribution >= 4 is 5.91 Å². The van der Waals surface area contributed by atoms with Crippen molar-refractivity contribution in [3.05, 3.63) is 77.9 Å². The van der Waals surface area contributed by atoms with Crippen molar-refractivity contribution in [2.75, 3.05) is 27.6 Å². The average molecular weight is 450 g/mol. The minimum Gasteiger partial charge on any atom is -0.497 e. The maximum absolute atomic E-state index is 12.7. The predicted octanol–water partition coefficient (Wildman–Crippen LogP) is 3.78. The molecule has 4 rings (SSSR count). The molecule has 0 fully saturated rings. The Morgan fingerprint density at radius 2 is 1.39 bits per heavy atom. The fraction of sp³-hybridized carbons (Fsp3) is 0.269. The van der Waals surface area contributed by atoms with Crippen LogP contribution in [0.4, 0.5) is 0 Å². The van der Waals surface area contributed by atoms with Crippen molar-refractivity contribution < 1.29 is 28.5 Å². The van der Waals surface area contributed by atoms with Crippen LogP contribution in [0.2, 0.25) is 0 Å². The van der Waals surface area contributed by atoms with E-state index in [9.17, 15) is 4.79 Å². The molecule has 0 radical (unpaired) electrons. The molecule has 7 nitrogen and oxygen atoms in total. The number of methoxy groups -OCH3 is 2. The number of amides is 1. The van der Waals surface area contributed by atoms with E-state index in [1.54, 1.807) is 38.5 Å². The van der Waals surface area contributed by atoms with Gasteiger partial charge in [-0.25, -0.2) is 0 Å². The van der Waals surface area contributed by atoms with Crippen LogP contribution in [0.5, 0.6) is 28.7 Å². The lowest BCUT2D eigenvalue weighted by atomic mass is 9.98. The highest BCUT2D eigenvalue weighted by Gasteiger charge is 2.18. The van der Waals surface area contributed by atoms with Crippen LogP contribution in [0.3, 0.4) is 0 Å². The molecule has 3 aromatic carbocycles. The van der Waals surface area contributed by atoms with Gasteiger partial charge in [-0.1, -0.05) is 18.2 Å². The molecule has 0 saturated heterocycles. The fourth-order valence-corrected chi connectivity index (χ4v) is 3.66. The molecule has 1 amide bonds. The Labute approximate surface area is 193 Å². The largest absolute Gasteiger partial charge is 0.497 e. The molecule has 1 heterocycles. The summed E-state index contributed by atoms with van der Waals surface area (Å²) in [5.41, 5.74) is 2.15. The Balaban J connectivity index is 1.41. The highest BCUT2D eigenvalue weighted by atomic mass is 16.7. The van der Waals surface area contributed by atoms with E-state index >= 15 is 0 Å². The summed E-state index contributed by atoms with van der Waals surface area (Å²) in [6.07, 6.45) is 1.30. The van der Waals surface area contributed by atoms with Crippen molar-refractivity contribution in [2.24, 2.45) is 0 Å². The lowest BCUT2D eigenvalue weighted by molar-refractivity contribution is -0.123.